The van der Waals surface area contributed by atoms with Gasteiger partial charge in [-0.3, -0.25) is 4.90 Å². The third-order valence-electron chi connectivity index (χ3n) is 3.88. The van der Waals surface area contributed by atoms with Crippen molar-refractivity contribution in [2.75, 3.05) is 45.9 Å². The number of benzene rings is 1. The van der Waals surface area contributed by atoms with Crippen molar-refractivity contribution in [3.05, 3.63) is 34.9 Å². The van der Waals surface area contributed by atoms with Gasteiger partial charge in [-0.15, -0.1) is 0 Å². The van der Waals surface area contributed by atoms with E-state index in [2.05, 4.69) is 28.1 Å². The molecule has 0 atom stereocenters. The molecule has 2 rings (SSSR count). The van der Waals surface area contributed by atoms with E-state index in [4.69, 9.17) is 28.6 Å². The number of halogens is 1. The second-order valence-electron chi connectivity index (χ2n) is 5.69. The summed E-state index contributed by atoms with van der Waals surface area (Å²) in [6.45, 7) is 9.49. The zero-order valence-electron chi connectivity index (χ0n) is 13.8. The first-order chi connectivity index (χ1) is 11.2. The topological polar surface area (TPSA) is 27.7 Å². The molecule has 1 aliphatic heterocycles. The first-order valence-electron chi connectivity index (χ1n) is 8.26. The third-order valence-corrected chi connectivity index (χ3v) is 4.52. The van der Waals surface area contributed by atoms with Gasteiger partial charge in [0.2, 0.25) is 0 Å². The van der Waals surface area contributed by atoms with Gasteiger partial charge < -0.3 is 15.0 Å². The van der Waals surface area contributed by atoms with Crippen molar-refractivity contribution in [1.29, 1.82) is 0 Å². The molecule has 1 N–H and O–H groups in total. The van der Waals surface area contributed by atoms with Crippen LogP contribution >= 0.6 is 23.8 Å². The van der Waals surface area contributed by atoms with Crippen LogP contribution in [0.15, 0.2) is 24.3 Å². The van der Waals surface area contributed by atoms with Gasteiger partial charge in [0, 0.05) is 44.3 Å². The van der Waals surface area contributed by atoms with E-state index in [0.717, 1.165) is 69.0 Å². The molecule has 1 aliphatic rings. The lowest BCUT2D eigenvalue weighted by atomic mass is 10.2. The van der Waals surface area contributed by atoms with E-state index < -0.39 is 0 Å². The molecular formula is C17H26ClN3OS. The van der Waals surface area contributed by atoms with Crippen molar-refractivity contribution in [3.8, 4) is 0 Å². The third kappa shape index (κ3) is 6.63. The Bertz CT molecular complexity index is 494. The molecule has 1 fully saturated rings. The minimum atomic E-state index is 0.769. The Balaban J connectivity index is 1.87. The second kappa shape index (κ2) is 10.1. The molecule has 0 amide bonds. The van der Waals surface area contributed by atoms with E-state index in [9.17, 15) is 0 Å². The maximum Gasteiger partial charge on any atom is 0.169 e. The molecule has 6 heteroatoms. The lowest BCUT2D eigenvalue weighted by Crippen LogP contribution is -2.42. The molecular weight excluding hydrogens is 330 g/mol. The first-order valence-corrected chi connectivity index (χ1v) is 9.05. The second-order valence-corrected chi connectivity index (χ2v) is 6.52. The highest BCUT2D eigenvalue weighted by Gasteiger charge is 2.13. The van der Waals surface area contributed by atoms with Crippen molar-refractivity contribution < 1.29 is 4.74 Å². The maximum atomic E-state index is 6.09. The molecule has 0 unspecified atom stereocenters. The fourth-order valence-electron chi connectivity index (χ4n) is 2.68. The van der Waals surface area contributed by atoms with Crippen LogP contribution in [0.1, 0.15) is 18.9 Å². The van der Waals surface area contributed by atoms with Crippen LogP contribution in [0.2, 0.25) is 5.02 Å². The van der Waals surface area contributed by atoms with Gasteiger partial charge in [0.1, 0.15) is 0 Å². The molecule has 1 aromatic carbocycles. The standard InChI is InChI=1S/C17H26ClN3OS/c1-2-19-17(23)21(14-15-5-3-6-16(18)13-15)8-4-7-20-9-11-22-12-10-20/h3,5-6,13H,2,4,7-12,14H2,1H3,(H,19,23). The summed E-state index contributed by atoms with van der Waals surface area (Å²) in [5, 5.41) is 4.84. The highest BCUT2D eigenvalue weighted by atomic mass is 35.5. The summed E-state index contributed by atoms with van der Waals surface area (Å²) in [5.74, 6) is 0. The fraction of sp³-hybridized carbons (Fsp3) is 0.588. The SMILES string of the molecule is CCNC(=S)N(CCCN1CCOCC1)Cc1cccc(Cl)c1. The number of morpholine rings is 1. The first kappa shape index (κ1) is 18.5. The largest absolute Gasteiger partial charge is 0.379 e. The van der Waals surface area contributed by atoms with E-state index in [0.29, 0.717) is 0 Å². The van der Waals surface area contributed by atoms with Gasteiger partial charge in [0.15, 0.2) is 5.11 Å². The van der Waals surface area contributed by atoms with Crippen LogP contribution in [-0.4, -0.2) is 60.8 Å². The van der Waals surface area contributed by atoms with Gasteiger partial charge in [0.25, 0.3) is 0 Å². The normalized spacial score (nSPS) is 15.4. The lowest BCUT2D eigenvalue weighted by molar-refractivity contribution is 0.0367. The maximum absolute atomic E-state index is 6.09. The van der Waals surface area contributed by atoms with E-state index in [1.54, 1.807) is 0 Å². The number of thiocarbonyl (C=S) groups is 1. The Labute approximate surface area is 149 Å². The van der Waals surface area contributed by atoms with Gasteiger partial charge in [-0.05, 0) is 43.3 Å². The van der Waals surface area contributed by atoms with Crippen LogP contribution in [0.3, 0.4) is 0 Å². The quantitative estimate of drug-likeness (QED) is 0.759. The van der Waals surface area contributed by atoms with Crippen molar-refractivity contribution in [1.82, 2.24) is 15.1 Å². The molecule has 0 aromatic heterocycles. The van der Waals surface area contributed by atoms with Crippen molar-refractivity contribution in [2.24, 2.45) is 0 Å². The van der Waals surface area contributed by atoms with Crippen molar-refractivity contribution >= 4 is 28.9 Å². The van der Waals surface area contributed by atoms with Crippen LogP contribution in [0.4, 0.5) is 0 Å². The summed E-state index contributed by atoms with van der Waals surface area (Å²) >= 11 is 11.6. The average Bonchev–Trinajstić information content (AvgIpc) is 2.55. The summed E-state index contributed by atoms with van der Waals surface area (Å²) < 4.78 is 5.39. The number of ether oxygens (including phenoxy) is 1. The Morgan fingerprint density at radius 3 is 2.87 bits per heavy atom. The highest BCUT2D eigenvalue weighted by molar-refractivity contribution is 7.80. The van der Waals surface area contributed by atoms with Crippen LogP contribution in [0, 0.1) is 0 Å². The summed E-state index contributed by atoms with van der Waals surface area (Å²) in [4.78, 5) is 4.68. The molecule has 0 radical (unpaired) electrons. The van der Waals surface area contributed by atoms with Gasteiger partial charge in [-0.2, -0.15) is 0 Å². The van der Waals surface area contributed by atoms with E-state index >= 15 is 0 Å². The molecule has 0 bridgehead atoms. The number of rotatable bonds is 7. The van der Waals surface area contributed by atoms with Crippen molar-refractivity contribution in [2.45, 2.75) is 19.9 Å². The monoisotopic (exact) mass is 355 g/mol. The van der Waals surface area contributed by atoms with Gasteiger partial charge in [0.05, 0.1) is 13.2 Å². The number of hydrogen-bond donors (Lipinski definition) is 1. The molecule has 0 spiro atoms. The smallest absolute Gasteiger partial charge is 0.169 e. The minimum Gasteiger partial charge on any atom is -0.379 e. The molecule has 0 aliphatic carbocycles. The predicted octanol–water partition coefficient (Wildman–Crippen LogP) is 2.76. The van der Waals surface area contributed by atoms with Crippen LogP contribution in [0.25, 0.3) is 0 Å². The summed E-state index contributed by atoms with van der Waals surface area (Å²) in [6.07, 6.45) is 1.09. The highest BCUT2D eigenvalue weighted by Crippen LogP contribution is 2.13. The molecule has 0 saturated carbocycles. The Hall–Kier alpha value is -0.880. The zero-order valence-corrected chi connectivity index (χ0v) is 15.3. The Morgan fingerprint density at radius 2 is 2.17 bits per heavy atom. The predicted molar refractivity (Wildman–Crippen MR) is 100 cm³/mol. The zero-order chi connectivity index (χ0) is 16.5. The lowest BCUT2D eigenvalue weighted by Gasteiger charge is -2.29. The van der Waals surface area contributed by atoms with Gasteiger partial charge in [-0.25, -0.2) is 0 Å². The molecule has 1 heterocycles. The van der Waals surface area contributed by atoms with Gasteiger partial charge in [-0.1, -0.05) is 23.7 Å². The number of nitrogens with zero attached hydrogens (tertiary/aromatic N) is 2. The molecule has 23 heavy (non-hydrogen) atoms. The fourth-order valence-corrected chi connectivity index (χ4v) is 3.19. The number of nitrogens with one attached hydrogen (secondary N) is 1. The van der Waals surface area contributed by atoms with Crippen LogP contribution in [-0.2, 0) is 11.3 Å². The number of hydrogen-bond acceptors (Lipinski definition) is 3. The van der Waals surface area contributed by atoms with Crippen molar-refractivity contribution in [3.63, 3.8) is 0 Å². The molecule has 4 nitrogen and oxygen atoms in total. The Morgan fingerprint density at radius 1 is 1.39 bits per heavy atom. The van der Waals surface area contributed by atoms with Crippen LogP contribution in [0.5, 0.6) is 0 Å². The summed E-state index contributed by atoms with van der Waals surface area (Å²) in [5.41, 5.74) is 1.18. The van der Waals surface area contributed by atoms with E-state index in [1.165, 1.54) is 5.56 Å². The molecule has 1 saturated heterocycles. The summed E-state index contributed by atoms with van der Waals surface area (Å²) in [6, 6.07) is 7.98. The van der Waals surface area contributed by atoms with Crippen LogP contribution < -0.4 is 5.32 Å². The Kier molecular flexibility index (Phi) is 8.09. The summed E-state index contributed by atoms with van der Waals surface area (Å²) in [7, 11) is 0. The minimum absolute atomic E-state index is 0.769. The van der Waals surface area contributed by atoms with E-state index in [-0.39, 0.29) is 0 Å². The molecule has 1 aromatic rings. The molecule has 128 valence electrons. The average molecular weight is 356 g/mol. The van der Waals surface area contributed by atoms with Gasteiger partial charge >= 0.3 is 0 Å². The van der Waals surface area contributed by atoms with E-state index in [1.807, 2.05) is 18.2 Å².